The van der Waals surface area contributed by atoms with Gasteiger partial charge in [-0.1, -0.05) is 47.5 Å². The normalized spacial score (nSPS) is 10.5. The van der Waals surface area contributed by atoms with Gasteiger partial charge in [-0.05, 0) is 36.8 Å². The molecular formula is C20H17ClN2O2. The van der Waals surface area contributed by atoms with E-state index in [2.05, 4.69) is 5.32 Å². The Balaban J connectivity index is 1.82. The fourth-order valence-corrected chi connectivity index (χ4v) is 2.64. The van der Waals surface area contributed by atoms with Gasteiger partial charge in [-0.3, -0.25) is 9.59 Å². The number of pyridine rings is 1. The van der Waals surface area contributed by atoms with E-state index < -0.39 is 0 Å². The van der Waals surface area contributed by atoms with Gasteiger partial charge in [-0.15, -0.1) is 0 Å². The summed E-state index contributed by atoms with van der Waals surface area (Å²) in [6.45, 7) is 2.30. The number of aryl methyl sites for hydroxylation is 1. The predicted molar refractivity (Wildman–Crippen MR) is 100 cm³/mol. The molecule has 0 fully saturated rings. The van der Waals surface area contributed by atoms with Crippen LogP contribution < -0.4 is 10.9 Å². The van der Waals surface area contributed by atoms with E-state index in [1.54, 1.807) is 30.5 Å². The van der Waals surface area contributed by atoms with Crippen LogP contribution in [0.5, 0.6) is 0 Å². The SMILES string of the molecule is Cc1ccc(C(=O)Nc2ccc(=O)n(Cc3ccccc3Cl)c2)cc1. The summed E-state index contributed by atoms with van der Waals surface area (Å²) in [5, 5.41) is 3.41. The van der Waals surface area contributed by atoms with E-state index in [0.29, 0.717) is 22.8 Å². The monoisotopic (exact) mass is 352 g/mol. The average Bonchev–Trinajstić information content (AvgIpc) is 2.60. The Morgan fingerprint density at radius 1 is 1.04 bits per heavy atom. The number of rotatable bonds is 4. The largest absolute Gasteiger partial charge is 0.321 e. The summed E-state index contributed by atoms with van der Waals surface area (Å²) in [5.74, 6) is -0.219. The first-order valence-electron chi connectivity index (χ1n) is 7.85. The van der Waals surface area contributed by atoms with Crippen molar-refractivity contribution in [3.8, 4) is 0 Å². The Morgan fingerprint density at radius 2 is 1.76 bits per heavy atom. The fourth-order valence-electron chi connectivity index (χ4n) is 2.45. The second kappa shape index (κ2) is 7.36. The summed E-state index contributed by atoms with van der Waals surface area (Å²) < 4.78 is 1.52. The molecule has 1 amide bonds. The van der Waals surface area contributed by atoms with Gasteiger partial charge in [0.15, 0.2) is 0 Å². The van der Waals surface area contributed by atoms with E-state index >= 15 is 0 Å². The highest BCUT2D eigenvalue weighted by atomic mass is 35.5. The first-order chi connectivity index (χ1) is 12.0. The number of aromatic nitrogens is 1. The summed E-state index contributed by atoms with van der Waals surface area (Å²) in [6.07, 6.45) is 1.62. The third-order valence-electron chi connectivity index (χ3n) is 3.85. The smallest absolute Gasteiger partial charge is 0.255 e. The highest BCUT2D eigenvalue weighted by Gasteiger charge is 2.08. The van der Waals surface area contributed by atoms with Gasteiger partial charge in [0.25, 0.3) is 11.5 Å². The second-order valence-corrected chi connectivity index (χ2v) is 6.20. The Kier molecular flexibility index (Phi) is 5.00. The summed E-state index contributed by atoms with van der Waals surface area (Å²) >= 11 is 6.16. The molecule has 0 atom stereocenters. The quantitative estimate of drug-likeness (QED) is 0.768. The van der Waals surface area contributed by atoms with E-state index in [9.17, 15) is 9.59 Å². The average molecular weight is 353 g/mol. The van der Waals surface area contributed by atoms with Crippen molar-refractivity contribution in [2.75, 3.05) is 5.32 Å². The van der Waals surface area contributed by atoms with Crippen molar-refractivity contribution in [1.82, 2.24) is 4.57 Å². The molecule has 0 unspecified atom stereocenters. The minimum absolute atomic E-state index is 0.159. The van der Waals surface area contributed by atoms with Crippen molar-refractivity contribution in [1.29, 1.82) is 0 Å². The number of amides is 1. The van der Waals surface area contributed by atoms with Gasteiger partial charge in [0.1, 0.15) is 0 Å². The third-order valence-corrected chi connectivity index (χ3v) is 4.22. The van der Waals surface area contributed by atoms with Gasteiger partial charge in [0, 0.05) is 22.8 Å². The van der Waals surface area contributed by atoms with Crippen LogP contribution in [-0.2, 0) is 6.54 Å². The molecule has 126 valence electrons. The van der Waals surface area contributed by atoms with Crippen LogP contribution in [0.15, 0.2) is 71.7 Å². The Morgan fingerprint density at radius 3 is 2.48 bits per heavy atom. The van der Waals surface area contributed by atoms with Gasteiger partial charge in [0.2, 0.25) is 0 Å². The van der Waals surface area contributed by atoms with Crippen molar-refractivity contribution in [3.05, 3.63) is 98.9 Å². The summed E-state index contributed by atoms with van der Waals surface area (Å²) in [7, 11) is 0. The maximum Gasteiger partial charge on any atom is 0.255 e. The molecule has 1 heterocycles. The summed E-state index contributed by atoms with van der Waals surface area (Å²) in [5.41, 5.74) is 2.89. The molecule has 0 aliphatic rings. The molecule has 0 bridgehead atoms. The van der Waals surface area contributed by atoms with Gasteiger partial charge in [-0.2, -0.15) is 0 Å². The highest BCUT2D eigenvalue weighted by molar-refractivity contribution is 6.31. The zero-order valence-electron chi connectivity index (χ0n) is 13.7. The number of nitrogens with zero attached hydrogens (tertiary/aromatic N) is 1. The number of halogens is 1. The lowest BCUT2D eigenvalue weighted by Crippen LogP contribution is -2.21. The van der Waals surface area contributed by atoms with E-state index in [-0.39, 0.29) is 11.5 Å². The zero-order chi connectivity index (χ0) is 17.8. The molecule has 0 radical (unpaired) electrons. The first-order valence-corrected chi connectivity index (χ1v) is 8.22. The minimum Gasteiger partial charge on any atom is -0.321 e. The summed E-state index contributed by atoms with van der Waals surface area (Å²) in [4.78, 5) is 24.4. The van der Waals surface area contributed by atoms with Gasteiger partial charge < -0.3 is 9.88 Å². The van der Waals surface area contributed by atoms with Crippen LogP contribution >= 0.6 is 11.6 Å². The highest BCUT2D eigenvalue weighted by Crippen LogP contribution is 2.16. The van der Waals surface area contributed by atoms with Crippen LogP contribution in [0.4, 0.5) is 5.69 Å². The minimum atomic E-state index is -0.219. The molecule has 3 aromatic rings. The van der Waals surface area contributed by atoms with E-state index in [4.69, 9.17) is 11.6 Å². The molecule has 25 heavy (non-hydrogen) atoms. The molecule has 1 aromatic heterocycles. The first kappa shape index (κ1) is 17.0. The second-order valence-electron chi connectivity index (χ2n) is 5.80. The number of nitrogens with one attached hydrogen (secondary N) is 1. The standard InChI is InChI=1S/C20H17ClN2O2/c1-14-6-8-15(9-7-14)20(25)22-17-10-11-19(24)23(13-17)12-16-4-2-3-5-18(16)21/h2-11,13H,12H2,1H3,(H,22,25). The van der Waals surface area contributed by atoms with Crippen molar-refractivity contribution in [2.45, 2.75) is 13.5 Å². The third kappa shape index (κ3) is 4.17. The number of benzene rings is 2. The molecule has 5 heteroatoms. The van der Waals surface area contributed by atoms with Gasteiger partial charge in [-0.25, -0.2) is 0 Å². The van der Waals surface area contributed by atoms with Gasteiger partial charge in [0.05, 0.1) is 12.2 Å². The zero-order valence-corrected chi connectivity index (χ0v) is 14.5. The number of carbonyl (C=O) groups is 1. The molecule has 0 saturated carbocycles. The van der Waals surface area contributed by atoms with Crippen molar-refractivity contribution in [2.24, 2.45) is 0 Å². The maximum absolute atomic E-state index is 12.3. The van der Waals surface area contributed by atoms with Crippen LogP contribution in [0.3, 0.4) is 0 Å². The number of hydrogen-bond acceptors (Lipinski definition) is 2. The van der Waals surface area contributed by atoms with Crippen LogP contribution in [0.2, 0.25) is 5.02 Å². The topological polar surface area (TPSA) is 51.1 Å². The lowest BCUT2D eigenvalue weighted by atomic mass is 10.1. The van der Waals surface area contributed by atoms with Crippen LogP contribution in [0.25, 0.3) is 0 Å². The van der Waals surface area contributed by atoms with Gasteiger partial charge >= 0.3 is 0 Å². The molecule has 0 aliphatic heterocycles. The van der Waals surface area contributed by atoms with Crippen LogP contribution in [-0.4, -0.2) is 10.5 Å². The molecule has 0 spiro atoms. The number of carbonyl (C=O) groups excluding carboxylic acids is 1. The molecule has 3 rings (SSSR count). The number of anilines is 1. The van der Waals surface area contributed by atoms with Crippen molar-refractivity contribution in [3.63, 3.8) is 0 Å². The molecular weight excluding hydrogens is 336 g/mol. The molecule has 4 nitrogen and oxygen atoms in total. The van der Waals surface area contributed by atoms with Crippen molar-refractivity contribution >= 4 is 23.2 Å². The maximum atomic E-state index is 12.3. The van der Waals surface area contributed by atoms with E-state index in [1.807, 2.05) is 37.3 Å². The van der Waals surface area contributed by atoms with E-state index in [0.717, 1.165) is 11.1 Å². The molecule has 0 aliphatic carbocycles. The van der Waals surface area contributed by atoms with E-state index in [1.165, 1.54) is 10.6 Å². The Bertz CT molecular complexity index is 962. The molecule has 2 aromatic carbocycles. The lowest BCUT2D eigenvalue weighted by Gasteiger charge is -2.11. The number of hydrogen-bond donors (Lipinski definition) is 1. The lowest BCUT2D eigenvalue weighted by molar-refractivity contribution is 0.102. The van der Waals surface area contributed by atoms with Crippen molar-refractivity contribution < 1.29 is 4.79 Å². The van der Waals surface area contributed by atoms with Crippen LogP contribution in [0.1, 0.15) is 21.5 Å². The molecule has 1 N–H and O–H groups in total. The Hall–Kier alpha value is -2.85. The Labute approximate surface area is 150 Å². The summed E-state index contributed by atoms with van der Waals surface area (Å²) in [6, 6.07) is 17.7. The fraction of sp³-hybridized carbons (Fsp3) is 0.100. The predicted octanol–water partition coefficient (Wildman–Crippen LogP) is 4.11. The molecule has 0 saturated heterocycles. The van der Waals surface area contributed by atoms with Crippen LogP contribution in [0, 0.1) is 6.92 Å².